The van der Waals surface area contributed by atoms with Crippen LogP contribution in [0.25, 0.3) is 21.9 Å². The largest absolute Gasteiger partial charge is 0.268 e. The molecule has 26 heavy (non-hydrogen) atoms. The monoisotopic (exact) mass is 376 g/mol. The third kappa shape index (κ3) is 3.38. The number of para-hydroxylation sites is 1. The molecule has 126 valence electrons. The van der Waals surface area contributed by atoms with Crippen LogP contribution < -0.4 is 0 Å². The summed E-state index contributed by atoms with van der Waals surface area (Å²) in [6, 6.07) is 17.8. The summed E-state index contributed by atoms with van der Waals surface area (Å²) in [6.45, 7) is 0.580. The molecule has 2 aromatic heterocycles. The molecule has 0 atom stereocenters. The molecule has 0 radical (unpaired) electrons. The Hall–Kier alpha value is -2.94. The smallest absolute Gasteiger partial charge is 0.135 e. The van der Waals surface area contributed by atoms with Crippen molar-refractivity contribution >= 4 is 44.8 Å². The quantitative estimate of drug-likeness (QED) is 0.456. The number of allylic oxidation sites excluding steroid dienone is 1. The van der Waals surface area contributed by atoms with Gasteiger partial charge in [-0.05, 0) is 29.8 Å². The van der Waals surface area contributed by atoms with Gasteiger partial charge < -0.3 is 0 Å². The molecule has 4 rings (SSSR count). The molecule has 0 aliphatic rings. The Morgan fingerprint density at radius 1 is 1.19 bits per heavy atom. The second-order valence-electron chi connectivity index (χ2n) is 5.72. The summed E-state index contributed by atoms with van der Waals surface area (Å²) in [5.41, 5.74) is 3.29. The lowest BCUT2D eigenvalue weighted by molar-refractivity contribution is 0.687. The molecule has 0 unspecified atom stereocenters. The standard InChI is InChI=1S/C20H13ClN4S/c21-17-6-2-1-5-15(17)13-25-12-14(11-23-25)9-16(10-22)20-24-18-7-3-4-8-19(18)26-20/h1-9,11-12H,13H2. The van der Waals surface area contributed by atoms with Crippen molar-refractivity contribution in [1.82, 2.24) is 14.8 Å². The average Bonchev–Trinajstić information content (AvgIpc) is 3.28. The Balaban J connectivity index is 1.62. The topological polar surface area (TPSA) is 54.5 Å². The van der Waals surface area contributed by atoms with E-state index in [0.29, 0.717) is 22.1 Å². The number of hydrogen-bond donors (Lipinski definition) is 0. The van der Waals surface area contributed by atoms with Crippen LogP contribution in [-0.2, 0) is 6.54 Å². The van der Waals surface area contributed by atoms with Crippen molar-refractivity contribution in [2.75, 3.05) is 0 Å². The lowest BCUT2D eigenvalue weighted by Crippen LogP contribution is -2.00. The number of benzene rings is 2. The highest BCUT2D eigenvalue weighted by Crippen LogP contribution is 2.28. The summed E-state index contributed by atoms with van der Waals surface area (Å²) in [7, 11) is 0. The van der Waals surface area contributed by atoms with Crippen LogP contribution in [0.3, 0.4) is 0 Å². The first kappa shape index (κ1) is 16.5. The number of halogens is 1. The van der Waals surface area contributed by atoms with Gasteiger partial charge in [-0.3, -0.25) is 4.68 Å². The second kappa shape index (κ2) is 7.12. The van der Waals surface area contributed by atoms with Gasteiger partial charge >= 0.3 is 0 Å². The van der Waals surface area contributed by atoms with Crippen molar-refractivity contribution in [3.8, 4) is 6.07 Å². The normalized spacial score (nSPS) is 11.6. The van der Waals surface area contributed by atoms with Crippen molar-refractivity contribution in [3.63, 3.8) is 0 Å². The van der Waals surface area contributed by atoms with Crippen LogP contribution in [0.15, 0.2) is 60.9 Å². The van der Waals surface area contributed by atoms with E-state index in [1.807, 2.05) is 60.8 Å². The molecule has 0 amide bonds. The molecule has 4 nitrogen and oxygen atoms in total. The van der Waals surface area contributed by atoms with E-state index < -0.39 is 0 Å². The summed E-state index contributed by atoms with van der Waals surface area (Å²) in [6.07, 6.45) is 5.45. The summed E-state index contributed by atoms with van der Waals surface area (Å²) in [5.74, 6) is 0. The summed E-state index contributed by atoms with van der Waals surface area (Å²) < 4.78 is 2.87. The maximum absolute atomic E-state index is 9.55. The predicted octanol–water partition coefficient (Wildman–Crippen LogP) is 5.26. The Morgan fingerprint density at radius 3 is 2.81 bits per heavy atom. The average molecular weight is 377 g/mol. The van der Waals surface area contributed by atoms with Crippen molar-refractivity contribution < 1.29 is 0 Å². The molecule has 0 fully saturated rings. The molecule has 0 N–H and O–H groups in total. The van der Waals surface area contributed by atoms with Gasteiger partial charge in [0.25, 0.3) is 0 Å². The van der Waals surface area contributed by atoms with E-state index in [1.165, 1.54) is 11.3 Å². The van der Waals surface area contributed by atoms with E-state index >= 15 is 0 Å². The van der Waals surface area contributed by atoms with Gasteiger partial charge in [0.1, 0.15) is 11.1 Å². The Bertz CT molecular complexity index is 1120. The number of nitrogens with zero attached hydrogens (tertiary/aromatic N) is 4. The highest BCUT2D eigenvalue weighted by molar-refractivity contribution is 7.19. The minimum atomic E-state index is 0.531. The Morgan fingerprint density at radius 2 is 2.00 bits per heavy atom. The Kier molecular flexibility index (Phi) is 4.53. The molecule has 0 aliphatic carbocycles. The molecule has 2 aromatic carbocycles. The van der Waals surface area contributed by atoms with E-state index in [4.69, 9.17) is 11.6 Å². The highest BCUT2D eigenvalue weighted by atomic mass is 35.5. The zero-order valence-corrected chi connectivity index (χ0v) is 15.2. The van der Waals surface area contributed by atoms with Crippen LogP contribution in [-0.4, -0.2) is 14.8 Å². The lowest BCUT2D eigenvalue weighted by Gasteiger charge is -2.03. The molecule has 6 heteroatoms. The number of rotatable bonds is 4. The third-order valence-corrected chi connectivity index (χ3v) is 5.34. The van der Waals surface area contributed by atoms with E-state index in [0.717, 1.165) is 21.3 Å². The number of thiazole rings is 1. The zero-order valence-electron chi connectivity index (χ0n) is 13.6. The first-order valence-corrected chi connectivity index (χ1v) is 9.16. The molecular formula is C20H13ClN4S. The van der Waals surface area contributed by atoms with Gasteiger partial charge in [-0.1, -0.05) is 41.9 Å². The Labute approximate surface area is 159 Å². The van der Waals surface area contributed by atoms with Crippen LogP contribution in [0, 0.1) is 11.3 Å². The number of hydrogen-bond acceptors (Lipinski definition) is 4. The van der Waals surface area contributed by atoms with Gasteiger partial charge in [0.2, 0.25) is 0 Å². The third-order valence-electron chi connectivity index (χ3n) is 3.90. The fraction of sp³-hybridized carbons (Fsp3) is 0.0500. The molecule has 0 spiro atoms. The SMILES string of the molecule is N#CC(=Cc1cnn(Cc2ccccc2Cl)c1)c1nc2ccccc2s1. The van der Waals surface area contributed by atoms with Crippen LogP contribution in [0.5, 0.6) is 0 Å². The van der Waals surface area contributed by atoms with E-state index in [9.17, 15) is 5.26 Å². The molecule has 0 bridgehead atoms. The van der Waals surface area contributed by atoms with E-state index in [1.54, 1.807) is 10.9 Å². The van der Waals surface area contributed by atoms with Crippen LogP contribution in [0.1, 0.15) is 16.1 Å². The van der Waals surface area contributed by atoms with Gasteiger partial charge in [0, 0.05) is 16.8 Å². The predicted molar refractivity (Wildman–Crippen MR) is 106 cm³/mol. The minimum Gasteiger partial charge on any atom is -0.268 e. The molecule has 4 aromatic rings. The zero-order chi connectivity index (χ0) is 17.9. The molecule has 0 saturated heterocycles. The van der Waals surface area contributed by atoms with Crippen LogP contribution >= 0.6 is 22.9 Å². The van der Waals surface area contributed by atoms with Crippen molar-refractivity contribution in [2.24, 2.45) is 0 Å². The first-order chi connectivity index (χ1) is 12.7. The van der Waals surface area contributed by atoms with Crippen molar-refractivity contribution in [2.45, 2.75) is 6.54 Å². The lowest BCUT2D eigenvalue weighted by atomic mass is 10.2. The maximum atomic E-state index is 9.55. The minimum absolute atomic E-state index is 0.531. The summed E-state index contributed by atoms with van der Waals surface area (Å²) in [4.78, 5) is 4.55. The first-order valence-electron chi connectivity index (χ1n) is 7.96. The fourth-order valence-corrected chi connectivity index (χ4v) is 3.76. The van der Waals surface area contributed by atoms with Gasteiger partial charge in [0.05, 0.1) is 28.5 Å². The molecule has 0 aliphatic heterocycles. The number of aromatic nitrogens is 3. The summed E-state index contributed by atoms with van der Waals surface area (Å²) >= 11 is 7.72. The number of fused-ring (bicyclic) bond motifs is 1. The molecular weight excluding hydrogens is 364 g/mol. The van der Waals surface area contributed by atoms with Crippen LogP contribution in [0.4, 0.5) is 0 Å². The van der Waals surface area contributed by atoms with E-state index in [2.05, 4.69) is 16.2 Å². The van der Waals surface area contributed by atoms with Crippen molar-refractivity contribution in [3.05, 3.63) is 82.1 Å². The van der Waals surface area contributed by atoms with Crippen molar-refractivity contribution in [1.29, 1.82) is 5.26 Å². The molecule has 0 saturated carbocycles. The van der Waals surface area contributed by atoms with Gasteiger partial charge in [-0.25, -0.2) is 4.98 Å². The van der Waals surface area contributed by atoms with Gasteiger partial charge in [-0.15, -0.1) is 11.3 Å². The number of nitriles is 1. The van der Waals surface area contributed by atoms with Gasteiger partial charge in [-0.2, -0.15) is 10.4 Å². The van der Waals surface area contributed by atoms with E-state index in [-0.39, 0.29) is 0 Å². The fourth-order valence-electron chi connectivity index (χ4n) is 2.64. The highest BCUT2D eigenvalue weighted by Gasteiger charge is 2.09. The van der Waals surface area contributed by atoms with Crippen LogP contribution in [0.2, 0.25) is 5.02 Å². The second-order valence-corrected chi connectivity index (χ2v) is 7.16. The maximum Gasteiger partial charge on any atom is 0.135 e. The van der Waals surface area contributed by atoms with Gasteiger partial charge in [0.15, 0.2) is 0 Å². The summed E-state index contributed by atoms with van der Waals surface area (Å²) in [5, 5.41) is 15.3. The molecule has 2 heterocycles.